The van der Waals surface area contributed by atoms with E-state index in [2.05, 4.69) is 35.5 Å². The van der Waals surface area contributed by atoms with Crippen LogP contribution in [0.15, 0.2) is 29.4 Å². The highest BCUT2D eigenvalue weighted by Gasteiger charge is 2.11. The van der Waals surface area contributed by atoms with Gasteiger partial charge in [-0.3, -0.25) is 5.01 Å². The molecule has 1 aliphatic rings. The van der Waals surface area contributed by atoms with Crippen molar-refractivity contribution in [3.05, 3.63) is 29.8 Å². The van der Waals surface area contributed by atoms with Gasteiger partial charge in [-0.2, -0.15) is 5.10 Å². The van der Waals surface area contributed by atoms with Crippen molar-refractivity contribution >= 4 is 11.5 Å². The Morgan fingerprint density at radius 2 is 2.40 bits per heavy atom. The largest absolute Gasteiger partial charge is 0.369 e. The maximum Gasteiger partial charge on any atom is 0.136 e. The van der Waals surface area contributed by atoms with Gasteiger partial charge in [0.15, 0.2) is 0 Å². The maximum absolute atomic E-state index is 5.55. The van der Waals surface area contributed by atoms with E-state index in [-0.39, 0.29) is 0 Å². The number of anilines is 1. The van der Waals surface area contributed by atoms with Crippen molar-refractivity contribution in [3.63, 3.8) is 0 Å². The minimum absolute atomic E-state index is 0.461. The Balaban J connectivity index is 2.23. The number of aryl methyl sites for hydroxylation is 1. The average Bonchev–Trinajstić information content (AvgIpc) is 2.29. The number of hydrazone groups is 1. The van der Waals surface area contributed by atoms with Crippen LogP contribution in [0, 0.1) is 6.92 Å². The molecule has 80 valence electrons. The number of nitrogens with zero attached hydrogens (tertiary/aromatic N) is 2. The molecule has 15 heavy (non-hydrogen) atoms. The van der Waals surface area contributed by atoms with Gasteiger partial charge in [0, 0.05) is 6.54 Å². The van der Waals surface area contributed by atoms with E-state index in [9.17, 15) is 0 Å². The van der Waals surface area contributed by atoms with Crippen molar-refractivity contribution in [3.8, 4) is 0 Å². The van der Waals surface area contributed by atoms with Crippen LogP contribution in [0.4, 0.5) is 5.69 Å². The third-order valence-corrected chi connectivity index (χ3v) is 2.39. The van der Waals surface area contributed by atoms with Crippen LogP contribution in [0.1, 0.15) is 5.56 Å². The van der Waals surface area contributed by atoms with Crippen LogP contribution in [-0.2, 0) is 0 Å². The fraction of sp³-hybridized carbons (Fsp3) is 0.364. The van der Waals surface area contributed by atoms with E-state index in [0.29, 0.717) is 6.54 Å². The van der Waals surface area contributed by atoms with Gasteiger partial charge in [0.1, 0.15) is 5.84 Å². The first-order valence-corrected chi connectivity index (χ1v) is 5.15. The second kappa shape index (κ2) is 4.31. The molecule has 0 saturated heterocycles. The Hall–Kier alpha value is -1.55. The van der Waals surface area contributed by atoms with E-state index >= 15 is 0 Å². The van der Waals surface area contributed by atoms with Crippen LogP contribution in [0.5, 0.6) is 0 Å². The van der Waals surface area contributed by atoms with E-state index in [4.69, 9.17) is 5.73 Å². The number of hydrogen-bond acceptors (Lipinski definition) is 4. The number of amidine groups is 1. The van der Waals surface area contributed by atoms with Gasteiger partial charge in [-0.25, -0.2) is 0 Å². The fourth-order valence-corrected chi connectivity index (χ4v) is 1.63. The predicted molar refractivity (Wildman–Crippen MR) is 63.0 cm³/mol. The first-order chi connectivity index (χ1) is 7.29. The molecule has 0 fully saturated rings. The second-order valence-electron chi connectivity index (χ2n) is 3.64. The Morgan fingerprint density at radius 3 is 3.13 bits per heavy atom. The van der Waals surface area contributed by atoms with E-state index in [0.717, 1.165) is 24.6 Å². The first kappa shape index (κ1) is 9.98. The minimum Gasteiger partial charge on any atom is -0.369 e. The average molecular weight is 204 g/mol. The van der Waals surface area contributed by atoms with E-state index in [1.165, 1.54) is 5.56 Å². The molecule has 0 spiro atoms. The van der Waals surface area contributed by atoms with Crippen molar-refractivity contribution in [2.45, 2.75) is 6.92 Å². The second-order valence-corrected chi connectivity index (χ2v) is 3.64. The summed E-state index contributed by atoms with van der Waals surface area (Å²) in [5.41, 5.74) is 7.93. The number of rotatable bonds is 2. The molecule has 4 heteroatoms. The van der Waals surface area contributed by atoms with Gasteiger partial charge in [0.05, 0.1) is 18.8 Å². The highest BCUT2D eigenvalue weighted by atomic mass is 15.5. The minimum atomic E-state index is 0.461. The van der Waals surface area contributed by atoms with Crippen molar-refractivity contribution in [1.29, 1.82) is 0 Å². The van der Waals surface area contributed by atoms with Crippen LogP contribution in [0.3, 0.4) is 0 Å². The number of nitrogens with one attached hydrogen (secondary N) is 1. The fourth-order valence-electron chi connectivity index (χ4n) is 1.63. The third kappa shape index (κ3) is 2.27. The van der Waals surface area contributed by atoms with E-state index < -0.39 is 0 Å². The van der Waals surface area contributed by atoms with Crippen molar-refractivity contribution in [2.75, 3.05) is 24.6 Å². The molecule has 1 aliphatic heterocycles. The standard InChI is InChI=1S/C11H16N4/c1-9-3-2-4-10(7-9)15-6-5-13-11(8-12)14-15/h2-4,7H,5-6,8,12H2,1H3,(H,13,14). The summed E-state index contributed by atoms with van der Waals surface area (Å²) < 4.78 is 0. The molecule has 3 N–H and O–H groups in total. The van der Waals surface area contributed by atoms with Gasteiger partial charge >= 0.3 is 0 Å². The lowest BCUT2D eigenvalue weighted by atomic mass is 10.2. The predicted octanol–water partition coefficient (Wildman–Crippen LogP) is 0.677. The zero-order chi connectivity index (χ0) is 10.7. The summed E-state index contributed by atoms with van der Waals surface area (Å²) >= 11 is 0. The Kier molecular flexibility index (Phi) is 2.87. The lowest BCUT2D eigenvalue weighted by Gasteiger charge is -2.26. The molecular weight excluding hydrogens is 188 g/mol. The van der Waals surface area contributed by atoms with Crippen LogP contribution in [0.25, 0.3) is 0 Å². The van der Waals surface area contributed by atoms with Gasteiger partial charge in [0.2, 0.25) is 0 Å². The summed E-state index contributed by atoms with van der Waals surface area (Å²) in [6.45, 7) is 4.32. The number of nitrogens with two attached hydrogens (primary N) is 1. The normalized spacial score (nSPS) is 15.9. The maximum atomic E-state index is 5.55. The first-order valence-electron chi connectivity index (χ1n) is 5.15. The Morgan fingerprint density at radius 1 is 1.53 bits per heavy atom. The smallest absolute Gasteiger partial charge is 0.136 e. The molecule has 1 aromatic carbocycles. The van der Waals surface area contributed by atoms with Gasteiger partial charge in [-0.05, 0) is 24.6 Å². The molecule has 0 aliphatic carbocycles. The zero-order valence-electron chi connectivity index (χ0n) is 8.90. The van der Waals surface area contributed by atoms with Crippen molar-refractivity contribution < 1.29 is 0 Å². The summed E-state index contributed by atoms with van der Waals surface area (Å²) in [7, 11) is 0. The molecule has 0 radical (unpaired) electrons. The van der Waals surface area contributed by atoms with Crippen LogP contribution in [-0.4, -0.2) is 25.5 Å². The lowest BCUT2D eigenvalue weighted by molar-refractivity contribution is 0.732. The topological polar surface area (TPSA) is 53.6 Å². The molecule has 0 saturated carbocycles. The molecule has 1 heterocycles. The van der Waals surface area contributed by atoms with E-state index in [1.807, 2.05) is 11.1 Å². The van der Waals surface area contributed by atoms with E-state index in [1.54, 1.807) is 0 Å². The van der Waals surface area contributed by atoms with Crippen molar-refractivity contribution in [2.24, 2.45) is 10.8 Å². The molecule has 2 rings (SSSR count). The summed E-state index contributed by atoms with van der Waals surface area (Å²) in [6.07, 6.45) is 0. The molecule has 0 aromatic heterocycles. The van der Waals surface area contributed by atoms with Gasteiger partial charge in [-0.15, -0.1) is 0 Å². The SMILES string of the molecule is Cc1cccc(N2CCNC(CN)=N2)c1. The summed E-state index contributed by atoms with van der Waals surface area (Å²) in [6, 6.07) is 8.32. The van der Waals surface area contributed by atoms with Crippen LogP contribution >= 0.6 is 0 Å². The Labute approximate surface area is 89.8 Å². The quantitative estimate of drug-likeness (QED) is 0.744. The summed E-state index contributed by atoms with van der Waals surface area (Å²) in [4.78, 5) is 0. The molecular formula is C11H16N4. The monoisotopic (exact) mass is 204 g/mol. The van der Waals surface area contributed by atoms with Crippen LogP contribution < -0.4 is 16.1 Å². The lowest BCUT2D eigenvalue weighted by Crippen LogP contribution is -2.43. The molecule has 4 nitrogen and oxygen atoms in total. The highest BCUT2D eigenvalue weighted by molar-refractivity contribution is 5.85. The Bertz CT molecular complexity index is 373. The number of benzene rings is 1. The van der Waals surface area contributed by atoms with Gasteiger partial charge in [0.25, 0.3) is 0 Å². The number of hydrogen-bond donors (Lipinski definition) is 2. The van der Waals surface area contributed by atoms with Crippen molar-refractivity contribution in [1.82, 2.24) is 5.32 Å². The van der Waals surface area contributed by atoms with Gasteiger partial charge in [-0.1, -0.05) is 12.1 Å². The van der Waals surface area contributed by atoms with Gasteiger partial charge < -0.3 is 11.1 Å². The summed E-state index contributed by atoms with van der Waals surface area (Å²) in [5.74, 6) is 0.850. The zero-order valence-corrected chi connectivity index (χ0v) is 8.90. The van der Waals surface area contributed by atoms with Crippen LogP contribution in [0.2, 0.25) is 0 Å². The summed E-state index contributed by atoms with van der Waals surface area (Å²) in [5, 5.41) is 9.58. The molecule has 0 unspecified atom stereocenters. The molecule has 1 aromatic rings. The highest BCUT2D eigenvalue weighted by Crippen LogP contribution is 2.16. The molecule has 0 atom stereocenters. The molecule has 0 bridgehead atoms. The molecule has 0 amide bonds. The third-order valence-electron chi connectivity index (χ3n) is 2.39.